The molecule has 4 nitrogen and oxygen atoms in total. The first kappa shape index (κ1) is 13.3. The zero-order chi connectivity index (χ0) is 13.7. The predicted molar refractivity (Wildman–Crippen MR) is 75.3 cm³/mol. The second kappa shape index (κ2) is 6.15. The molecule has 0 aliphatic carbocycles. The van der Waals surface area contributed by atoms with Crippen molar-refractivity contribution in [1.29, 1.82) is 0 Å². The lowest BCUT2D eigenvalue weighted by molar-refractivity contribution is 0.101. The molecule has 2 aromatic carbocycles. The Bertz CT molecular complexity index is 581. The van der Waals surface area contributed by atoms with Gasteiger partial charge >= 0.3 is 11.3 Å². The number of Topliss-reactive ketones (excluding diaryl/α,β-unsaturated/α-hetero) is 1. The van der Waals surface area contributed by atoms with Gasteiger partial charge in [-0.05, 0) is 43.3 Å². The molecule has 0 aliphatic heterocycles. The van der Waals surface area contributed by atoms with E-state index in [4.69, 9.17) is 4.18 Å². The van der Waals surface area contributed by atoms with Crippen LogP contribution in [0.5, 0.6) is 5.75 Å². The van der Waals surface area contributed by atoms with Gasteiger partial charge in [0.25, 0.3) is 0 Å². The standard InChI is InChI=1S/C14H13NO3S/c1-11(16)12-7-9-13(10-8-12)15-19(17)18-14-5-3-2-4-6-14/h2-10,15H,1H3. The number of rotatable bonds is 5. The molecular formula is C14H13NO3S. The van der Waals surface area contributed by atoms with Gasteiger partial charge in [0.05, 0.1) is 0 Å². The summed E-state index contributed by atoms with van der Waals surface area (Å²) in [5.74, 6) is 0.516. The SMILES string of the molecule is CC(=O)c1ccc(NS(=O)Oc2ccccc2)cc1. The van der Waals surface area contributed by atoms with Gasteiger partial charge in [-0.15, -0.1) is 0 Å². The Morgan fingerprint density at radius 3 is 2.26 bits per heavy atom. The molecule has 0 saturated heterocycles. The largest absolute Gasteiger partial charge is 0.385 e. The lowest BCUT2D eigenvalue weighted by Crippen LogP contribution is -2.11. The van der Waals surface area contributed by atoms with Crippen molar-refractivity contribution in [2.45, 2.75) is 6.92 Å². The third-order valence-electron chi connectivity index (χ3n) is 2.41. The molecule has 0 amide bonds. The topological polar surface area (TPSA) is 55.4 Å². The molecule has 98 valence electrons. The van der Waals surface area contributed by atoms with Crippen LogP contribution < -0.4 is 8.91 Å². The summed E-state index contributed by atoms with van der Waals surface area (Å²) in [6.45, 7) is 1.50. The van der Waals surface area contributed by atoms with Crippen LogP contribution in [0.25, 0.3) is 0 Å². The highest BCUT2D eigenvalue weighted by molar-refractivity contribution is 7.81. The molecular weight excluding hydrogens is 262 g/mol. The molecule has 0 fully saturated rings. The highest BCUT2D eigenvalue weighted by atomic mass is 32.2. The Labute approximate surface area is 114 Å². The first-order valence-electron chi connectivity index (χ1n) is 5.68. The van der Waals surface area contributed by atoms with Gasteiger partial charge in [-0.25, -0.2) is 0 Å². The lowest BCUT2D eigenvalue weighted by atomic mass is 10.1. The molecule has 19 heavy (non-hydrogen) atoms. The van der Waals surface area contributed by atoms with Crippen molar-refractivity contribution < 1.29 is 13.2 Å². The van der Waals surface area contributed by atoms with E-state index in [1.165, 1.54) is 6.92 Å². The van der Waals surface area contributed by atoms with Gasteiger partial charge in [0.15, 0.2) is 5.78 Å². The Hall–Kier alpha value is -2.14. The van der Waals surface area contributed by atoms with E-state index in [0.29, 0.717) is 17.0 Å². The van der Waals surface area contributed by atoms with Crippen LogP contribution in [0.4, 0.5) is 5.69 Å². The van der Waals surface area contributed by atoms with Crippen LogP contribution in [0.1, 0.15) is 17.3 Å². The molecule has 1 N–H and O–H groups in total. The minimum atomic E-state index is -1.67. The first-order valence-corrected chi connectivity index (χ1v) is 6.75. The van der Waals surface area contributed by atoms with Crippen LogP contribution in [-0.2, 0) is 11.3 Å². The average molecular weight is 275 g/mol. The third kappa shape index (κ3) is 3.93. The molecule has 0 spiro atoms. The Morgan fingerprint density at radius 2 is 1.68 bits per heavy atom. The molecule has 1 atom stereocenters. The third-order valence-corrected chi connectivity index (χ3v) is 3.15. The van der Waals surface area contributed by atoms with Crippen molar-refractivity contribution in [2.24, 2.45) is 0 Å². The maximum Gasteiger partial charge on any atom is 0.316 e. The molecule has 2 rings (SSSR count). The number of hydrogen-bond acceptors (Lipinski definition) is 3. The number of para-hydroxylation sites is 1. The van der Waals surface area contributed by atoms with Gasteiger partial charge in [-0.1, -0.05) is 18.2 Å². The fraction of sp³-hybridized carbons (Fsp3) is 0.0714. The van der Waals surface area contributed by atoms with Crippen molar-refractivity contribution >= 4 is 22.7 Å². The van der Waals surface area contributed by atoms with Crippen LogP contribution in [0.2, 0.25) is 0 Å². The van der Waals surface area contributed by atoms with Crippen molar-refractivity contribution in [1.82, 2.24) is 0 Å². The summed E-state index contributed by atoms with van der Waals surface area (Å²) in [7, 11) is 0. The molecule has 0 heterocycles. The highest BCUT2D eigenvalue weighted by Crippen LogP contribution is 2.14. The zero-order valence-electron chi connectivity index (χ0n) is 10.3. The summed E-state index contributed by atoms with van der Waals surface area (Å²) in [4.78, 5) is 11.1. The van der Waals surface area contributed by atoms with Crippen LogP contribution >= 0.6 is 0 Å². The number of ketones is 1. The molecule has 0 aromatic heterocycles. The minimum Gasteiger partial charge on any atom is -0.385 e. The summed E-state index contributed by atoms with van der Waals surface area (Å²) in [5.41, 5.74) is 1.24. The second-order valence-corrected chi connectivity index (χ2v) is 4.71. The number of carbonyl (C=O) groups excluding carboxylic acids is 1. The predicted octanol–water partition coefficient (Wildman–Crippen LogP) is 2.96. The Kier molecular flexibility index (Phi) is 4.30. The van der Waals surface area contributed by atoms with E-state index in [1.54, 1.807) is 48.5 Å². The number of anilines is 1. The lowest BCUT2D eigenvalue weighted by Gasteiger charge is -2.07. The first-order chi connectivity index (χ1) is 9.15. The normalized spacial score (nSPS) is 11.6. The van der Waals surface area contributed by atoms with E-state index in [2.05, 4.69) is 4.72 Å². The average Bonchev–Trinajstić information content (AvgIpc) is 2.40. The molecule has 0 radical (unpaired) electrons. The summed E-state index contributed by atoms with van der Waals surface area (Å²) in [5, 5.41) is 0. The second-order valence-electron chi connectivity index (χ2n) is 3.87. The number of nitrogens with one attached hydrogen (secondary N) is 1. The van der Waals surface area contributed by atoms with E-state index in [9.17, 15) is 9.00 Å². The monoisotopic (exact) mass is 275 g/mol. The van der Waals surface area contributed by atoms with E-state index in [1.807, 2.05) is 6.07 Å². The zero-order valence-corrected chi connectivity index (χ0v) is 11.1. The van der Waals surface area contributed by atoms with Gasteiger partial charge in [0.1, 0.15) is 5.75 Å². The highest BCUT2D eigenvalue weighted by Gasteiger charge is 2.04. The van der Waals surface area contributed by atoms with Gasteiger partial charge < -0.3 is 4.18 Å². The molecule has 0 saturated carbocycles. The van der Waals surface area contributed by atoms with E-state index in [0.717, 1.165) is 0 Å². The van der Waals surface area contributed by atoms with Crippen LogP contribution in [-0.4, -0.2) is 9.99 Å². The van der Waals surface area contributed by atoms with E-state index in [-0.39, 0.29) is 5.78 Å². The smallest absolute Gasteiger partial charge is 0.316 e. The van der Waals surface area contributed by atoms with Gasteiger partial charge in [0, 0.05) is 11.3 Å². The van der Waals surface area contributed by atoms with E-state index < -0.39 is 11.3 Å². The summed E-state index contributed by atoms with van der Waals surface area (Å²) >= 11 is -1.67. The van der Waals surface area contributed by atoms with Gasteiger partial charge in [-0.2, -0.15) is 4.21 Å². The van der Waals surface area contributed by atoms with Crippen molar-refractivity contribution in [2.75, 3.05) is 4.72 Å². The van der Waals surface area contributed by atoms with Crippen LogP contribution in [0.15, 0.2) is 54.6 Å². The molecule has 1 unspecified atom stereocenters. The summed E-state index contributed by atoms with van der Waals surface area (Å²) in [6, 6.07) is 15.6. The van der Waals surface area contributed by atoms with E-state index >= 15 is 0 Å². The number of carbonyl (C=O) groups is 1. The number of hydrogen-bond donors (Lipinski definition) is 1. The van der Waals surface area contributed by atoms with Gasteiger partial charge in [0.2, 0.25) is 0 Å². The molecule has 2 aromatic rings. The maximum absolute atomic E-state index is 11.7. The summed E-state index contributed by atoms with van der Waals surface area (Å²) in [6.07, 6.45) is 0. The summed E-state index contributed by atoms with van der Waals surface area (Å²) < 4.78 is 19.6. The van der Waals surface area contributed by atoms with Crippen LogP contribution in [0.3, 0.4) is 0 Å². The number of benzene rings is 2. The fourth-order valence-electron chi connectivity index (χ4n) is 1.45. The fourth-order valence-corrected chi connectivity index (χ4v) is 2.11. The quantitative estimate of drug-likeness (QED) is 0.853. The van der Waals surface area contributed by atoms with Crippen molar-refractivity contribution in [3.05, 3.63) is 60.2 Å². The van der Waals surface area contributed by atoms with Crippen molar-refractivity contribution in [3.63, 3.8) is 0 Å². The Balaban J connectivity index is 1.97. The van der Waals surface area contributed by atoms with Crippen molar-refractivity contribution in [3.8, 4) is 5.75 Å². The maximum atomic E-state index is 11.7. The molecule has 0 bridgehead atoms. The molecule has 0 aliphatic rings. The molecule has 5 heteroatoms. The van der Waals surface area contributed by atoms with Gasteiger partial charge in [-0.3, -0.25) is 9.52 Å². The Morgan fingerprint density at radius 1 is 1.05 bits per heavy atom. The van der Waals surface area contributed by atoms with Crippen LogP contribution in [0, 0.1) is 0 Å². The minimum absolute atomic E-state index is 0.00629.